The Morgan fingerprint density at radius 3 is 2.95 bits per heavy atom. The first-order valence-corrected chi connectivity index (χ1v) is 6.42. The zero-order chi connectivity index (χ0) is 14.7. The Balaban J connectivity index is 2.35. The van der Waals surface area contributed by atoms with Gasteiger partial charge in [0.25, 0.3) is 0 Å². The Hall–Kier alpha value is -2.15. The van der Waals surface area contributed by atoms with Gasteiger partial charge in [0, 0.05) is 12.1 Å². The van der Waals surface area contributed by atoms with Crippen molar-refractivity contribution in [2.45, 2.75) is 19.4 Å². The van der Waals surface area contributed by atoms with Crippen LogP contribution < -0.4 is 10.1 Å². The van der Waals surface area contributed by atoms with Gasteiger partial charge in [-0.05, 0) is 31.5 Å². The van der Waals surface area contributed by atoms with E-state index in [1.807, 2.05) is 0 Å². The molecule has 0 spiro atoms. The average molecular weight is 280 g/mol. The second-order valence-electron chi connectivity index (χ2n) is 4.58. The van der Waals surface area contributed by atoms with Gasteiger partial charge < -0.3 is 15.2 Å². The van der Waals surface area contributed by atoms with Crippen LogP contribution in [0.25, 0.3) is 0 Å². The van der Waals surface area contributed by atoms with E-state index < -0.39 is 22.9 Å². The number of aliphatic carboxylic acids is 1. The van der Waals surface area contributed by atoms with Crippen LogP contribution in [-0.4, -0.2) is 29.2 Å². The van der Waals surface area contributed by atoms with E-state index in [-0.39, 0.29) is 11.4 Å². The molecule has 0 aromatic heterocycles. The van der Waals surface area contributed by atoms with E-state index >= 15 is 0 Å². The molecule has 7 heteroatoms. The van der Waals surface area contributed by atoms with Gasteiger partial charge >= 0.3 is 11.7 Å². The van der Waals surface area contributed by atoms with Crippen LogP contribution in [-0.2, 0) is 4.79 Å². The topological polar surface area (TPSA) is 102 Å². The van der Waals surface area contributed by atoms with Crippen LogP contribution in [0.3, 0.4) is 0 Å². The molecule has 0 amide bonds. The molecule has 1 fully saturated rings. The minimum atomic E-state index is -0.892. The number of rotatable bonds is 5. The van der Waals surface area contributed by atoms with E-state index in [4.69, 9.17) is 9.84 Å². The Morgan fingerprint density at radius 1 is 1.60 bits per heavy atom. The molecule has 0 bridgehead atoms. The standard InChI is InChI=1S/C13H16N2O5/c1-2-20-11-4-3-8(7-10(11)15(18)19)12-9(13(16)17)5-6-14-12/h3-4,7,9,12,14H,2,5-6H2,1H3,(H,16,17). The summed E-state index contributed by atoms with van der Waals surface area (Å²) in [7, 11) is 0. The minimum absolute atomic E-state index is 0.137. The van der Waals surface area contributed by atoms with Crippen LogP contribution >= 0.6 is 0 Å². The van der Waals surface area contributed by atoms with E-state index in [9.17, 15) is 14.9 Å². The molecule has 1 aromatic carbocycles. The quantitative estimate of drug-likeness (QED) is 0.629. The van der Waals surface area contributed by atoms with Crippen molar-refractivity contribution in [2.75, 3.05) is 13.2 Å². The third-order valence-corrected chi connectivity index (χ3v) is 3.38. The second kappa shape index (κ2) is 5.87. The van der Waals surface area contributed by atoms with E-state index in [0.717, 1.165) is 0 Å². The highest BCUT2D eigenvalue weighted by atomic mass is 16.6. The third-order valence-electron chi connectivity index (χ3n) is 3.38. The molecule has 2 unspecified atom stereocenters. The van der Waals surface area contributed by atoms with Crippen molar-refractivity contribution in [3.05, 3.63) is 33.9 Å². The molecule has 1 aliphatic rings. The molecule has 2 atom stereocenters. The molecule has 20 heavy (non-hydrogen) atoms. The van der Waals surface area contributed by atoms with E-state index in [2.05, 4.69) is 5.32 Å². The molecule has 0 radical (unpaired) electrons. The van der Waals surface area contributed by atoms with Crippen LogP contribution in [0.1, 0.15) is 24.9 Å². The van der Waals surface area contributed by atoms with E-state index in [0.29, 0.717) is 25.1 Å². The van der Waals surface area contributed by atoms with Gasteiger partial charge in [0.1, 0.15) is 0 Å². The summed E-state index contributed by atoms with van der Waals surface area (Å²) in [5.74, 6) is -1.25. The number of hydrogen-bond donors (Lipinski definition) is 2. The smallest absolute Gasteiger partial charge is 0.311 e. The van der Waals surface area contributed by atoms with Crippen LogP contribution in [0.2, 0.25) is 0 Å². The van der Waals surface area contributed by atoms with Gasteiger partial charge in [0.05, 0.1) is 17.4 Å². The molecule has 108 valence electrons. The summed E-state index contributed by atoms with van der Waals surface area (Å²) in [6, 6.07) is 4.19. The average Bonchev–Trinajstić information content (AvgIpc) is 2.88. The number of nitrogens with zero attached hydrogens (tertiary/aromatic N) is 1. The fourth-order valence-electron chi connectivity index (χ4n) is 2.47. The van der Waals surface area contributed by atoms with Gasteiger partial charge in [-0.15, -0.1) is 0 Å². The van der Waals surface area contributed by atoms with Gasteiger partial charge in [-0.2, -0.15) is 0 Å². The lowest BCUT2D eigenvalue weighted by molar-refractivity contribution is -0.385. The van der Waals surface area contributed by atoms with E-state index in [1.165, 1.54) is 12.1 Å². The fraction of sp³-hybridized carbons (Fsp3) is 0.462. The normalized spacial score (nSPS) is 21.6. The number of carbonyl (C=O) groups is 1. The second-order valence-corrected chi connectivity index (χ2v) is 4.58. The molecule has 1 heterocycles. The summed E-state index contributed by atoms with van der Waals surface area (Å²) in [5, 5.41) is 23.3. The summed E-state index contributed by atoms with van der Waals surface area (Å²) in [6.45, 7) is 2.67. The minimum Gasteiger partial charge on any atom is -0.487 e. The van der Waals surface area contributed by atoms with Crippen LogP contribution in [0.15, 0.2) is 18.2 Å². The number of carboxylic acid groups (broad SMARTS) is 1. The number of benzene rings is 1. The van der Waals surface area contributed by atoms with Crippen LogP contribution in [0.5, 0.6) is 5.75 Å². The lowest BCUT2D eigenvalue weighted by Crippen LogP contribution is -2.23. The summed E-state index contributed by atoms with van der Waals surface area (Å²) >= 11 is 0. The van der Waals surface area contributed by atoms with Crippen LogP contribution in [0.4, 0.5) is 5.69 Å². The van der Waals surface area contributed by atoms with Gasteiger partial charge in [-0.3, -0.25) is 14.9 Å². The Bertz CT molecular complexity index is 531. The van der Waals surface area contributed by atoms with Crippen molar-refractivity contribution in [3.8, 4) is 5.75 Å². The third kappa shape index (κ3) is 2.72. The van der Waals surface area contributed by atoms with Crippen LogP contribution in [0, 0.1) is 16.0 Å². The maximum absolute atomic E-state index is 11.2. The van der Waals surface area contributed by atoms with Crippen molar-refractivity contribution in [3.63, 3.8) is 0 Å². The number of hydrogen-bond acceptors (Lipinski definition) is 5. The summed E-state index contributed by atoms with van der Waals surface area (Å²) in [4.78, 5) is 21.7. The molecule has 2 N–H and O–H groups in total. The summed E-state index contributed by atoms with van der Waals surface area (Å²) in [5.41, 5.74) is 0.465. The zero-order valence-corrected chi connectivity index (χ0v) is 11.0. The first kappa shape index (κ1) is 14.3. The molecule has 0 aliphatic carbocycles. The van der Waals surface area contributed by atoms with Gasteiger partial charge in [-0.1, -0.05) is 6.07 Å². The molecule has 1 aromatic rings. The number of nitro groups is 1. The van der Waals surface area contributed by atoms with Crippen molar-refractivity contribution in [1.82, 2.24) is 5.32 Å². The lowest BCUT2D eigenvalue weighted by atomic mass is 9.94. The van der Waals surface area contributed by atoms with Crippen molar-refractivity contribution >= 4 is 11.7 Å². The Kier molecular flexibility index (Phi) is 4.19. The van der Waals surface area contributed by atoms with Crippen molar-refractivity contribution < 1.29 is 19.6 Å². The summed E-state index contributed by atoms with van der Waals surface area (Å²) < 4.78 is 5.21. The van der Waals surface area contributed by atoms with Gasteiger partial charge in [0.2, 0.25) is 0 Å². The maximum Gasteiger partial charge on any atom is 0.311 e. The predicted octanol–water partition coefficient (Wildman–Crippen LogP) is 1.73. The maximum atomic E-state index is 11.2. The van der Waals surface area contributed by atoms with E-state index in [1.54, 1.807) is 13.0 Å². The highest BCUT2D eigenvalue weighted by Gasteiger charge is 2.34. The SMILES string of the molecule is CCOc1ccc(C2NCCC2C(=O)O)cc1[N+](=O)[O-]. The number of ether oxygens (including phenoxy) is 1. The van der Waals surface area contributed by atoms with Gasteiger partial charge in [-0.25, -0.2) is 0 Å². The molecule has 1 saturated heterocycles. The predicted molar refractivity (Wildman–Crippen MR) is 70.8 cm³/mol. The lowest BCUT2D eigenvalue weighted by Gasteiger charge is -2.17. The first-order chi connectivity index (χ1) is 9.54. The molecule has 0 saturated carbocycles. The zero-order valence-electron chi connectivity index (χ0n) is 11.0. The fourth-order valence-corrected chi connectivity index (χ4v) is 2.47. The highest BCUT2D eigenvalue weighted by molar-refractivity contribution is 5.72. The molecule has 2 rings (SSSR count). The highest BCUT2D eigenvalue weighted by Crippen LogP contribution is 2.35. The monoisotopic (exact) mass is 280 g/mol. The van der Waals surface area contributed by atoms with Crippen molar-refractivity contribution in [2.24, 2.45) is 5.92 Å². The molecule has 7 nitrogen and oxygen atoms in total. The first-order valence-electron chi connectivity index (χ1n) is 6.42. The van der Waals surface area contributed by atoms with Gasteiger partial charge in [0.15, 0.2) is 5.75 Å². The number of nitrogens with one attached hydrogen (secondary N) is 1. The Morgan fingerprint density at radius 2 is 2.35 bits per heavy atom. The number of nitro benzene ring substituents is 1. The molecule has 1 aliphatic heterocycles. The molecular weight excluding hydrogens is 264 g/mol. The largest absolute Gasteiger partial charge is 0.487 e. The summed E-state index contributed by atoms with van der Waals surface area (Å²) in [6.07, 6.45) is 0.515. The van der Waals surface area contributed by atoms with Crippen molar-refractivity contribution in [1.29, 1.82) is 0 Å². The Labute approximate surface area is 115 Å². The molecular formula is C13H16N2O5. The number of carboxylic acids is 1.